The molecule has 2 amide bonds. The minimum Gasteiger partial charge on any atom is -0.497 e. The van der Waals surface area contributed by atoms with Crippen LogP contribution in [0.5, 0.6) is 11.5 Å². The smallest absolute Gasteiger partial charge is 0.256 e. The molecule has 3 aromatic rings. The van der Waals surface area contributed by atoms with Crippen molar-refractivity contribution in [1.82, 2.24) is 4.90 Å². The van der Waals surface area contributed by atoms with E-state index in [0.29, 0.717) is 22.6 Å². The first-order valence-electron chi connectivity index (χ1n) is 13.6. The number of nitrogens with zero attached hydrogens (tertiary/aromatic N) is 3. The highest BCUT2D eigenvalue weighted by atomic mass is 16.5. The standard InChI is InChI=1S/C31H36N4O4/c1-38-25-13-10-23(11-14-25)30(36)32-24-12-15-27(26(22-24)31(37)35-16-6-3-7-17-35)33-18-20-34(21-19-33)28-8-4-5-9-29(28)39-2/h4-5,8-15,22H,3,6-7,16-21H2,1-2H3,(H,32,36). The van der Waals surface area contributed by atoms with Gasteiger partial charge in [0.25, 0.3) is 11.8 Å². The van der Waals surface area contributed by atoms with Gasteiger partial charge in [-0.05, 0) is 73.9 Å². The predicted molar refractivity (Wildman–Crippen MR) is 155 cm³/mol. The molecular weight excluding hydrogens is 492 g/mol. The van der Waals surface area contributed by atoms with Crippen LogP contribution in [0.25, 0.3) is 0 Å². The highest BCUT2D eigenvalue weighted by Gasteiger charge is 2.26. The Balaban J connectivity index is 1.37. The summed E-state index contributed by atoms with van der Waals surface area (Å²) in [5.74, 6) is 1.35. The van der Waals surface area contributed by atoms with Gasteiger partial charge in [-0.2, -0.15) is 0 Å². The number of carbonyl (C=O) groups is 2. The maximum Gasteiger partial charge on any atom is 0.256 e. The first-order chi connectivity index (χ1) is 19.1. The maximum atomic E-state index is 13.8. The molecule has 8 heteroatoms. The van der Waals surface area contributed by atoms with Crippen molar-refractivity contribution < 1.29 is 19.1 Å². The van der Waals surface area contributed by atoms with Crippen molar-refractivity contribution in [2.75, 3.05) is 68.6 Å². The summed E-state index contributed by atoms with van der Waals surface area (Å²) in [4.78, 5) is 33.2. The second-order valence-corrected chi connectivity index (χ2v) is 9.91. The number of ether oxygens (including phenoxy) is 2. The van der Waals surface area contributed by atoms with E-state index in [9.17, 15) is 9.59 Å². The number of hydrogen-bond donors (Lipinski definition) is 1. The molecule has 2 heterocycles. The number of hydrogen-bond acceptors (Lipinski definition) is 6. The summed E-state index contributed by atoms with van der Waals surface area (Å²) >= 11 is 0. The Morgan fingerprint density at radius 1 is 0.718 bits per heavy atom. The van der Waals surface area contributed by atoms with Crippen molar-refractivity contribution in [1.29, 1.82) is 0 Å². The van der Waals surface area contributed by atoms with Crippen LogP contribution in [0.3, 0.4) is 0 Å². The summed E-state index contributed by atoms with van der Waals surface area (Å²) in [6.07, 6.45) is 3.19. The lowest BCUT2D eigenvalue weighted by Gasteiger charge is -2.39. The third-order valence-corrected chi connectivity index (χ3v) is 7.53. The Bertz CT molecular complexity index is 1300. The minimum atomic E-state index is -0.229. The molecule has 3 aromatic carbocycles. The molecule has 2 aliphatic rings. The zero-order valence-electron chi connectivity index (χ0n) is 22.7. The van der Waals surface area contributed by atoms with E-state index in [1.165, 1.54) is 0 Å². The number of methoxy groups -OCH3 is 2. The first kappa shape index (κ1) is 26.4. The van der Waals surface area contributed by atoms with Crippen molar-refractivity contribution in [3.8, 4) is 11.5 Å². The zero-order valence-corrected chi connectivity index (χ0v) is 22.7. The Morgan fingerprint density at radius 2 is 1.38 bits per heavy atom. The Morgan fingerprint density at radius 3 is 2.05 bits per heavy atom. The molecule has 5 rings (SSSR count). The Labute approximate surface area is 230 Å². The van der Waals surface area contributed by atoms with Crippen molar-refractivity contribution in [3.05, 3.63) is 77.9 Å². The van der Waals surface area contributed by atoms with Gasteiger partial charge in [-0.3, -0.25) is 9.59 Å². The Kier molecular flexibility index (Phi) is 8.20. The monoisotopic (exact) mass is 528 g/mol. The lowest BCUT2D eigenvalue weighted by molar-refractivity contribution is 0.0724. The third kappa shape index (κ3) is 5.95. The number of carbonyl (C=O) groups excluding carboxylic acids is 2. The summed E-state index contributed by atoms with van der Waals surface area (Å²) in [6.45, 7) is 4.71. The quantitative estimate of drug-likeness (QED) is 0.470. The van der Waals surface area contributed by atoms with E-state index in [1.807, 2.05) is 41.3 Å². The van der Waals surface area contributed by atoms with E-state index in [2.05, 4.69) is 21.2 Å². The van der Waals surface area contributed by atoms with Gasteiger partial charge in [-0.1, -0.05) is 12.1 Å². The van der Waals surface area contributed by atoms with E-state index < -0.39 is 0 Å². The number of benzene rings is 3. The number of anilines is 3. The third-order valence-electron chi connectivity index (χ3n) is 7.53. The number of rotatable bonds is 7. The van der Waals surface area contributed by atoms with Crippen LogP contribution in [0, 0.1) is 0 Å². The van der Waals surface area contributed by atoms with E-state index >= 15 is 0 Å². The van der Waals surface area contributed by atoms with Crippen LogP contribution in [0.2, 0.25) is 0 Å². The van der Waals surface area contributed by atoms with Crippen LogP contribution < -0.4 is 24.6 Å². The summed E-state index contributed by atoms with van der Waals surface area (Å²) in [5, 5.41) is 2.97. The molecule has 0 atom stereocenters. The number of nitrogens with one attached hydrogen (secondary N) is 1. The molecule has 0 bridgehead atoms. The van der Waals surface area contributed by atoms with Gasteiger partial charge >= 0.3 is 0 Å². The van der Waals surface area contributed by atoms with Gasteiger partial charge < -0.3 is 29.5 Å². The number of para-hydroxylation sites is 2. The minimum absolute atomic E-state index is 0.0254. The molecule has 0 spiro atoms. The predicted octanol–water partition coefficient (Wildman–Crippen LogP) is 4.91. The van der Waals surface area contributed by atoms with Crippen molar-refractivity contribution in [2.45, 2.75) is 19.3 Å². The molecule has 39 heavy (non-hydrogen) atoms. The van der Waals surface area contributed by atoms with Gasteiger partial charge in [0.15, 0.2) is 0 Å². The van der Waals surface area contributed by atoms with Crippen LogP contribution in [0.1, 0.15) is 40.0 Å². The van der Waals surface area contributed by atoms with Gasteiger partial charge in [0, 0.05) is 56.2 Å². The fraction of sp³-hybridized carbons (Fsp3) is 0.355. The average molecular weight is 529 g/mol. The van der Waals surface area contributed by atoms with Crippen molar-refractivity contribution >= 4 is 28.9 Å². The van der Waals surface area contributed by atoms with Gasteiger partial charge in [-0.25, -0.2) is 0 Å². The summed E-state index contributed by atoms with van der Waals surface area (Å²) in [6, 6.07) is 20.7. The number of piperidine rings is 1. The van der Waals surface area contributed by atoms with Gasteiger partial charge in [0.1, 0.15) is 11.5 Å². The van der Waals surface area contributed by atoms with Crippen LogP contribution >= 0.6 is 0 Å². The Hall–Kier alpha value is -4.20. The molecule has 2 fully saturated rings. The molecule has 204 valence electrons. The second-order valence-electron chi connectivity index (χ2n) is 9.91. The molecule has 0 saturated carbocycles. The largest absolute Gasteiger partial charge is 0.497 e. The van der Waals surface area contributed by atoms with Crippen molar-refractivity contribution in [3.63, 3.8) is 0 Å². The molecule has 2 aliphatic heterocycles. The first-order valence-corrected chi connectivity index (χ1v) is 13.6. The van der Waals surface area contributed by atoms with Crippen LogP contribution in [0.4, 0.5) is 17.1 Å². The van der Waals surface area contributed by atoms with E-state index in [4.69, 9.17) is 9.47 Å². The molecule has 2 saturated heterocycles. The lowest BCUT2D eigenvalue weighted by Crippen LogP contribution is -2.47. The molecular formula is C31H36N4O4. The highest BCUT2D eigenvalue weighted by Crippen LogP contribution is 2.32. The average Bonchev–Trinajstić information content (AvgIpc) is 3.01. The number of likely N-dealkylation sites (tertiary alicyclic amines) is 1. The molecule has 0 aliphatic carbocycles. The number of piperazine rings is 1. The van der Waals surface area contributed by atoms with E-state index in [0.717, 1.165) is 75.7 Å². The highest BCUT2D eigenvalue weighted by molar-refractivity contribution is 6.06. The lowest BCUT2D eigenvalue weighted by atomic mass is 10.0. The summed E-state index contributed by atoms with van der Waals surface area (Å²) in [7, 11) is 3.29. The summed E-state index contributed by atoms with van der Waals surface area (Å²) in [5.41, 5.74) is 3.76. The molecule has 1 N–H and O–H groups in total. The van der Waals surface area contributed by atoms with Crippen LogP contribution in [-0.2, 0) is 0 Å². The van der Waals surface area contributed by atoms with Crippen molar-refractivity contribution in [2.24, 2.45) is 0 Å². The van der Waals surface area contributed by atoms with Crippen LogP contribution in [0.15, 0.2) is 66.7 Å². The fourth-order valence-corrected chi connectivity index (χ4v) is 5.35. The van der Waals surface area contributed by atoms with Gasteiger partial charge in [-0.15, -0.1) is 0 Å². The normalized spacial score (nSPS) is 15.6. The second kappa shape index (κ2) is 12.1. The van der Waals surface area contributed by atoms with Gasteiger partial charge in [0.2, 0.25) is 0 Å². The molecule has 8 nitrogen and oxygen atoms in total. The van der Waals surface area contributed by atoms with E-state index in [-0.39, 0.29) is 11.8 Å². The molecule has 0 unspecified atom stereocenters. The van der Waals surface area contributed by atoms with Gasteiger partial charge in [0.05, 0.1) is 25.5 Å². The summed E-state index contributed by atoms with van der Waals surface area (Å²) < 4.78 is 10.8. The fourth-order valence-electron chi connectivity index (χ4n) is 5.35. The van der Waals surface area contributed by atoms with Crippen LogP contribution in [-0.4, -0.2) is 70.2 Å². The molecule has 0 aromatic heterocycles. The maximum absolute atomic E-state index is 13.8. The zero-order chi connectivity index (χ0) is 27.2. The number of amides is 2. The SMILES string of the molecule is COc1ccc(C(=O)Nc2ccc(N3CCN(c4ccccc4OC)CC3)c(C(=O)N3CCCCC3)c2)cc1. The molecule has 0 radical (unpaired) electrons. The topological polar surface area (TPSA) is 74.4 Å². The van der Waals surface area contributed by atoms with E-state index in [1.54, 1.807) is 38.5 Å².